The second-order valence-corrected chi connectivity index (χ2v) is 6.71. The van der Waals surface area contributed by atoms with E-state index < -0.39 is 41.4 Å². The Labute approximate surface area is 185 Å². The maximum absolute atomic E-state index is 12.1. The Balaban J connectivity index is 1.60. The van der Waals surface area contributed by atoms with Gasteiger partial charge in [-0.15, -0.1) is 0 Å². The lowest BCUT2D eigenvalue weighted by Crippen LogP contribution is -2.31. The Morgan fingerprint density at radius 2 is 2.06 bits per heavy atom. The summed E-state index contributed by atoms with van der Waals surface area (Å²) in [6.07, 6.45) is 0. The average Bonchev–Trinajstić information content (AvgIpc) is 3.20. The number of ether oxygens (including phenoxy) is 1. The fourth-order valence-corrected chi connectivity index (χ4v) is 2.83. The van der Waals surface area contributed by atoms with Crippen LogP contribution in [0.5, 0.6) is 0 Å². The number of amides is 1. The van der Waals surface area contributed by atoms with Gasteiger partial charge in [-0.3, -0.25) is 19.7 Å². The molecule has 0 spiro atoms. The highest BCUT2D eigenvalue weighted by molar-refractivity contribution is 6.32. The molecule has 3 rings (SSSR count). The second kappa shape index (κ2) is 9.59. The summed E-state index contributed by atoms with van der Waals surface area (Å²) in [6, 6.07) is 12.2. The highest BCUT2D eigenvalue weighted by Crippen LogP contribution is 2.25. The van der Waals surface area contributed by atoms with Gasteiger partial charge in [0.15, 0.2) is 11.6 Å². The van der Waals surface area contributed by atoms with Gasteiger partial charge in [0.05, 0.1) is 16.0 Å². The quantitative estimate of drug-likeness (QED) is 0.160. The van der Waals surface area contributed by atoms with Gasteiger partial charge in [0.2, 0.25) is 0 Å². The molecule has 12 heteroatoms. The number of imidazole rings is 1. The number of nitriles is 1. The number of carbonyl (C=O) groups is 2. The van der Waals surface area contributed by atoms with E-state index in [2.05, 4.69) is 15.3 Å². The van der Waals surface area contributed by atoms with E-state index in [4.69, 9.17) is 16.3 Å². The monoisotopic (exact) mass is 455 g/mol. The van der Waals surface area contributed by atoms with Crippen molar-refractivity contribution in [3.8, 4) is 6.07 Å². The van der Waals surface area contributed by atoms with Crippen LogP contribution in [0.1, 0.15) is 16.2 Å². The summed E-state index contributed by atoms with van der Waals surface area (Å²) in [5, 5.41) is 32.5. The first kappa shape index (κ1) is 22.3. The van der Waals surface area contributed by atoms with E-state index in [1.165, 1.54) is 12.1 Å². The number of rotatable bonds is 7. The molecule has 0 aliphatic carbocycles. The van der Waals surface area contributed by atoms with E-state index in [0.29, 0.717) is 11.0 Å². The molecular weight excluding hydrogens is 442 g/mol. The third-order valence-electron chi connectivity index (χ3n) is 4.19. The van der Waals surface area contributed by atoms with Crippen molar-refractivity contribution in [2.45, 2.75) is 0 Å². The number of para-hydroxylation sites is 2. The van der Waals surface area contributed by atoms with Gasteiger partial charge in [-0.25, -0.2) is 4.98 Å². The van der Waals surface area contributed by atoms with E-state index in [9.17, 15) is 30.1 Å². The third-order valence-corrected chi connectivity index (χ3v) is 4.51. The number of aromatic nitrogens is 2. The van der Waals surface area contributed by atoms with Gasteiger partial charge in [0.1, 0.15) is 29.8 Å². The summed E-state index contributed by atoms with van der Waals surface area (Å²) in [5.74, 6) is -2.09. The first-order valence-corrected chi connectivity index (χ1v) is 9.33. The van der Waals surface area contributed by atoms with E-state index in [1.54, 1.807) is 30.3 Å². The number of nitrogens with zero attached hydrogens (tertiary/aromatic N) is 3. The molecule has 1 aromatic heterocycles. The van der Waals surface area contributed by atoms with Gasteiger partial charge < -0.3 is 20.1 Å². The van der Waals surface area contributed by atoms with Crippen molar-refractivity contribution in [3.63, 3.8) is 0 Å². The van der Waals surface area contributed by atoms with Gasteiger partial charge in [0.25, 0.3) is 11.6 Å². The molecule has 2 aromatic carbocycles. The molecule has 0 aliphatic rings. The number of nitro benzene ring substituents is 1. The zero-order chi connectivity index (χ0) is 23.3. The molecule has 0 unspecified atom stereocenters. The van der Waals surface area contributed by atoms with Crippen molar-refractivity contribution in [3.05, 3.63) is 74.7 Å². The van der Waals surface area contributed by atoms with Crippen LogP contribution in [0.25, 0.3) is 16.6 Å². The van der Waals surface area contributed by atoms with Crippen molar-refractivity contribution < 1.29 is 24.4 Å². The summed E-state index contributed by atoms with van der Waals surface area (Å²) >= 11 is 5.69. The fraction of sp³-hybridized carbons (Fsp3) is 0.100. The second-order valence-electron chi connectivity index (χ2n) is 6.30. The largest absolute Gasteiger partial charge is 0.507 e. The molecule has 0 saturated heterocycles. The summed E-state index contributed by atoms with van der Waals surface area (Å²) in [4.78, 5) is 41.2. The molecule has 1 heterocycles. The predicted molar refractivity (Wildman–Crippen MR) is 113 cm³/mol. The highest BCUT2D eigenvalue weighted by atomic mass is 35.5. The molecule has 162 valence electrons. The summed E-state index contributed by atoms with van der Waals surface area (Å²) in [7, 11) is 0. The minimum absolute atomic E-state index is 0.0757. The Morgan fingerprint density at radius 3 is 2.75 bits per heavy atom. The zero-order valence-electron chi connectivity index (χ0n) is 16.2. The fourth-order valence-electron chi connectivity index (χ4n) is 2.65. The number of hydrogen-bond acceptors (Lipinski definition) is 8. The summed E-state index contributed by atoms with van der Waals surface area (Å²) in [5.41, 5.74) is 0.516. The van der Waals surface area contributed by atoms with E-state index in [1.807, 2.05) is 0 Å². The molecule has 0 aliphatic heterocycles. The van der Waals surface area contributed by atoms with E-state index >= 15 is 0 Å². The van der Waals surface area contributed by atoms with Crippen LogP contribution in [0.4, 0.5) is 5.69 Å². The van der Waals surface area contributed by atoms with Crippen LogP contribution in [0.15, 0.2) is 48.2 Å². The molecule has 0 radical (unpaired) electrons. The molecule has 0 fully saturated rings. The van der Waals surface area contributed by atoms with Crippen LogP contribution in [-0.4, -0.2) is 45.0 Å². The van der Waals surface area contributed by atoms with Crippen molar-refractivity contribution in [2.75, 3.05) is 13.2 Å². The zero-order valence-corrected chi connectivity index (χ0v) is 16.9. The minimum Gasteiger partial charge on any atom is -0.507 e. The number of carbonyl (C=O) groups excluding carboxylic acids is 2. The molecule has 32 heavy (non-hydrogen) atoms. The SMILES string of the molecule is N#CC(=C(O)COC(=O)CNC(=O)c1ccc(Cl)c([N+](=O)[O-])c1)c1nc2ccccc2[nH]1. The Morgan fingerprint density at radius 1 is 1.31 bits per heavy atom. The first-order chi connectivity index (χ1) is 15.3. The summed E-state index contributed by atoms with van der Waals surface area (Å²) in [6.45, 7) is -1.20. The number of allylic oxidation sites excluding steroid dienone is 1. The number of halogens is 1. The Hall–Kier alpha value is -4.43. The first-order valence-electron chi connectivity index (χ1n) is 8.95. The van der Waals surface area contributed by atoms with Crippen molar-refractivity contribution in [2.24, 2.45) is 0 Å². The van der Waals surface area contributed by atoms with Gasteiger partial charge in [0, 0.05) is 11.6 Å². The number of aliphatic hydroxyl groups excluding tert-OH is 1. The van der Waals surface area contributed by atoms with Gasteiger partial charge in [-0.2, -0.15) is 5.26 Å². The number of benzene rings is 2. The third kappa shape index (κ3) is 5.00. The highest BCUT2D eigenvalue weighted by Gasteiger charge is 2.18. The maximum Gasteiger partial charge on any atom is 0.325 e. The smallest absolute Gasteiger partial charge is 0.325 e. The average molecular weight is 456 g/mol. The topological polar surface area (TPSA) is 171 Å². The number of aromatic amines is 1. The molecule has 11 nitrogen and oxygen atoms in total. The number of H-pyrrole nitrogens is 1. The molecular formula is C20H14ClN5O6. The lowest BCUT2D eigenvalue weighted by Gasteiger charge is -2.07. The van der Waals surface area contributed by atoms with E-state index in [0.717, 1.165) is 6.07 Å². The van der Waals surface area contributed by atoms with Crippen LogP contribution in [-0.2, 0) is 9.53 Å². The summed E-state index contributed by atoms with van der Waals surface area (Å²) < 4.78 is 4.87. The van der Waals surface area contributed by atoms with Crippen LogP contribution in [0.3, 0.4) is 0 Å². The van der Waals surface area contributed by atoms with Crippen LogP contribution in [0, 0.1) is 21.4 Å². The molecule has 3 N–H and O–H groups in total. The Bertz CT molecular complexity index is 1260. The van der Waals surface area contributed by atoms with Crippen molar-refractivity contribution in [1.29, 1.82) is 5.26 Å². The van der Waals surface area contributed by atoms with Crippen LogP contribution in [0.2, 0.25) is 5.02 Å². The van der Waals surface area contributed by atoms with Gasteiger partial charge in [-0.1, -0.05) is 23.7 Å². The Kier molecular flexibility index (Phi) is 6.67. The standard InChI is InChI=1S/C20H14ClN5O6/c21-13-6-5-11(7-16(13)26(30)31)20(29)23-9-18(28)32-10-17(27)12(8-22)19-24-14-3-1-2-4-15(14)25-19/h1-7,27H,9-10H2,(H,23,29)(H,24,25). The molecule has 3 aromatic rings. The van der Waals surface area contributed by atoms with Crippen LogP contribution < -0.4 is 5.32 Å². The van der Waals surface area contributed by atoms with Gasteiger partial charge in [-0.05, 0) is 24.3 Å². The number of fused-ring (bicyclic) bond motifs is 1. The maximum atomic E-state index is 12.1. The number of nitro groups is 1. The molecule has 1 amide bonds. The predicted octanol–water partition coefficient (Wildman–Crippen LogP) is 2.89. The molecule has 0 saturated carbocycles. The molecule has 0 bridgehead atoms. The number of aliphatic hydroxyl groups is 1. The lowest BCUT2D eigenvalue weighted by molar-refractivity contribution is -0.384. The van der Waals surface area contributed by atoms with E-state index in [-0.39, 0.29) is 22.0 Å². The normalized spacial score (nSPS) is 11.4. The number of hydrogen-bond donors (Lipinski definition) is 3. The van der Waals surface area contributed by atoms with Crippen molar-refractivity contribution in [1.82, 2.24) is 15.3 Å². The van der Waals surface area contributed by atoms with Gasteiger partial charge >= 0.3 is 5.97 Å². The number of esters is 1. The van der Waals surface area contributed by atoms with Crippen LogP contribution >= 0.6 is 11.6 Å². The number of nitrogens with one attached hydrogen (secondary N) is 2. The lowest BCUT2D eigenvalue weighted by atomic mass is 10.2. The molecule has 0 atom stereocenters. The minimum atomic E-state index is -0.907. The van der Waals surface area contributed by atoms with Crippen molar-refractivity contribution >= 4 is 45.8 Å².